The minimum absolute atomic E-state index is 0.227. The van der Waals surface area contributed by atoms with Gasteiger partial charge in [-0.05, 0) is 75.6 Å². The molecule has 35 heavy (non-hydrogen) atoms. The third kappa shape index (κ3) is 4.14. The van der Waals surface area contributed by atoms with E-state index in [1.807, 2.05) is 36.9 Å². The summed E-state index contributed by atoms with van der Waals surface area (Å²) in [6.45, 7) is 7.26. The van der Waals surface area contributed by atoms with E-state index >= 15 is 0 Å². The van der Waals surface area contributed by atoms with Gasteiger partial charge in [0.2, 0.25) is 0 Å². The van der Waals surface area contributed by atoms with E-state index in [0.29, 0.717) is 25.4 Å². The van der Waals surface area contributed by atoms with Gasteiger partial charge in [0, 0.05) is 60.0 Å². The van der Waals surface area contributed by atoms with Gasteiger partial charge in [-0.3, -0.25) is 4.68 Å². The van der Waals surface area contributed by atoms with Gasteiger partial charge in [-0.2, -0.15) is 5.10 Å². The summed E-state index contributed by atoms with van der Waals surface area (Å²) in [4.78, 5) is 12.3. The van der Waals surface area contributed by atoms with Crippen LogP contribution < -0.4 is 0 Å². The van der Waals surface area contributed by atoms with Crippen LogP contribution in [0.1, 0.15) is 48.2 Å². The zero-order valence-electron chi connectivity index (χ0n) is 20.6. The number of ether oxygens (including phenoxy) is 2. The van der Waals surface area contributed by atoms with Gasteiger partial charge in [-0.15, -0.1) is 0 Å². The van der Waals surface area contributed by atoms with Crippen LogP contribution in [0.2, 0.25) is 0 Å². The molecule has 0 atom stereocenters. The highest BCUT2D eigenvalue weighted by atomic mass is 19.1. The van der Waals surface area contributed by atoms with Gasteiger partial charge in [0.1, 0.15) is 5.82 Å². The Labute approximate surface area is 203 Å². The molecule has 0 aliphatic carbocycles. The number of hydrogen-bond acceptors (Lipinski definition) is 4. The summed E-state index contributed by atoms with van der Waals surface area (Å²) in [6, 6.07) is 9.54. The van der Waals surface area contributed by atoms with Gasteiger partial charge >= 0.3 is 5.97 Å². The number of rotatable bonds is 5. The van der Waals surface area contributed by atoms with E-state index in [1.54, 1.807) is 13.8 Å². The summed E-state index contributed by atoms with van der Waals surface area (Å²) in [6.07, 6.45) is 5.11. The molecule has 2 aromatic heterocycles. The molecule has 0 unspecified atom stereocenters. The Kier molecular flexibility index (Phi) is 6.19. The predicted molar refractivity (Wildman–Crippen MR) is 135 cm³/mol. The molecule has 7 heteroatoms. The van der Waals surface area contributed by atoms with Crippen molar-refractivity contribution < 1.29 is 18.7 Å². The Morgan fingerprint density at radius 1 is 1.17 bits per heavy atom. The van der Waals surface area contributed by atoms with Crippen LogP contribution in [0.4, 0.5) is 4.39 Å². The summed E-state index contributed by atoms with van der Waals surface area (Å²) < 4.78 is 29.2. The maximum Gasteiger partial charge on any atom is 0.330 e. The van der Waals surface area contributed by atoms with Gasteiger partial charge < -0.3 is 14.0 Å². The second-order valence-electron chi connectivity index (χ2n) is 9.14. The third-order valence-electron chi connectivity index (χ3n) is 6.88. The zero-order valence-corrected chi connectivity index (χ0v) is 20.6. The second kappa shape index (κ2) is 9.30. The van der Waals surface area contributed by atoms with Gasteiger partial charge in [-0.1, -0.05) is 0 Å². The number of benzene rings is 2. The molecule has 0 saturated carbocycles. The number of aromatic nitrogens is 3. The lowest BCUT2D eigenvalue weighted by atomic mass is 9.92. The molecule has 1 aliphatic rings. The fraction of sp³-hybridized carbons (Fsp3) is 0.357. The Morgan fingerprint density at radius 3 is 2.63 bits per heavy atom. The first-order valence-corrected chi connectivity index (χ1v) is 12.1. The van der Waals surface area contributed by atoms with Crippen LogP contribution >= 0.6 is 0 Å². The summed E-state index contributed by atoms with van der Waals surface area (Å²) in [7, 11) is 1.94. The first-order chi connectivity index (χ1) is 16.9. The number of carbonyl (C=O) groups excluding carboxylic acids is 1. The van der Waals surface area contributed by atoms with E-state index in [2.05, 4.69) is 21.8 Å². The monoisotopic (exact) mass is 475 g/mol. The first-order valence-electron chi connectivity index (χ1n) is 12.1. The van der Waals surface area contributed by atoms with Crippen LogP contribution in [0.15, 0.2) is 36.4 Å². The topological polar surface area (TPSA) is 58.3 Å². The van der Waals surface area contributed by atoms with Crippen molar-refractivity contribution in [3.63, 3.8) is 0 Å². The maximum absolute atomic E-state index is 14.2. The second-order valence-corrected chi connectivity index (χ2v) is 9.14. The summed E-state index contributed by atoms with van der Waals surface area (Å²) in [5.74, 6) is -0.377. The van der Waals surface area contributed by atoms with Crippen molar-refractivity contribution in [1.29, 1.82) is 0 Å². The average molecular weight is 476 g/mol. The number of aryl methyl sites for hydroxylation is 3. The largest absolute Gasteiger partial charge is 0.463 e. The van der Waals surface area contributed by atoms with E-state index in [0.717, 1.165) is 57.3 Å². The zero-order chi connectivity index (χ0) is 24.7. The van der Waals surface area contributed by atoms with Crippen LogP contribution in [0.3, 0.4) is 0 Å². The average Bonchev–Trinajstić information content (AvgIpc) is 3.32. The third-order valence-corrected chi connectivity index (χ3v) is 6.88. The van der Waals surface area contributed by atoms with Crippen LogP contribution in [0.5, 0.6) is 0 Å². The quantitative estimate of drug-likeness (QED) is 0.273. The van der Waals surface area contributed by atoms with Crippen molar-refractivity contribution in [2.24, 2.45) is 7.05 Å². The Balaban J connectivity index is 1.87. The first kappa shape index (κ1) is 23.3. The summed E-state index contributed by atoms with van der Waals surface area (Å²) in [5, 5.41) is 6.70. The van der Waals surface area contributed by atoms with Crippen molar-refractivity contribution >= 4 is 33.9 Å². The van der Waals surface area contributed by atoms with Gasteiger partial charge in [0.05, 0.1) is 23.3 Å². The number of esters is 1. The molecule has 0 amide bonds. The summed E-state index contributed by atoms with van der Waals surface area (Å²) >= 11 is 0. The molecule has 1 fully saturated rings. The number of halogens is 1. The van der Waals surface area contributed by atoms with Gasteiger partial charge in [-0.25, -0.2) is 9.18 Å². The molecule has 1 saturated heterocycles. The Bertz CT molecular complexity index is 1460. The van der Waals surface area contributed by atoms with Crippen LogP contribution in [0, 0.1) is 19.7 Å². The van der Waals surface area contributed by atoms with Crippen LogP contribution in [0.25, 0.3) is 33.6 Å². The van der Waals surface area contributed by atoms with E-state index in [-0.39, 0.29) is 17.7 Å². The lowest BCUT2D eigenvalue weighted by Crippen LogP contribution is -2.17. The van der Waals surface area contributed by atoms with Crippen LogP contribution in [-0.4, -0.2) is 40.1 Å². The van der Waals surface area contributed by atoms with E-state index in [4.69, 9.17) is 9.47 Å². The van der Waals surface area contributed by atoms with E-state index < -0.39 is 0 Å². The molecule has 5 rings (SSSR count). The molecule has 3 heterocycles. The molecular formula is C28H30FN3O3. The maximum atomic E-state index is 14.2. The Morgan fingerprint density at radius 2 is 1.91 bits per heavy atom. The number of carbonyl (C=O) groups is 1. The highest BCUT2D eigenvalue weighted by Crippen LogP contribution is 2.41. The molecule has 0 spiro atoms. The van der Waals surface area contributed by atoms with Crippen LogP contribution in [-0.2, 0) is 21.3 Å². The molecule has 1 aliphatic heterocycles. The van der Waals surface area contributed by atoms with Crippen molar-refractivity contribution in [1.82, 2.24) is 14.3 Å². The molecule has 182 valence electrons. The molecule has 4 aromatic rings. The molecule has 6 nitrogen and oxygen atoms in total. The summed E-state index contributed by atoms with van der Waals surface area (Å²) in [5.41, 5.74) is 6.54. The predicted octanol–water partition coefficient (Wildman–Crippen LogP) is 5.74. The van der Waals surface area contributed by atoms with E-state index in [1.165, 1.54) is 12.1 Å². The van der Waals surface area contributed by atoms with Crippen molar-refractivity contribution in [2.45, 2.75) is 39.5 Å². The highest BCUT2D eigenvalue weighted by molar-refractivity contribution is 6.03. The standard InChI is InChI=1S/C28H30FN3O3/c1-5-35-27(33)9-7-21-23-16-25-22(18(3)30-31(25)4)15-26(23)32(20-6-8-24(29)17(2)14-20)28(21)19-10-12-34-13-11-19/h6-9,14-16,19H,5,10-13H2,1-4H3/b9-7+. The molecule has 0 N–H and O–H groups in total. The van der Waals surface area contributed by atoms with Crippen molar-refractivity contribution in [3.05, 3.63) is 64.7 Å². The molecular weight excluding hydrogens is 445 g/mol. The minimum atomic E-state index is -0.374. The molecule has 2 aromatic carbocycles. The fourth-order valence-electron chi connectivity index (χ4n) is 5.19. The normalized spacial score (nSPS) is 15.0. The van der Waals surface area contributed by atoms with Gasteiger partial charge in [0.15, 0.2) is 0 Å². The number of fused-ring (bicyclic) bond motifs is 2. The molecule has 0 bridgehead atoms. The fourth-order valence-corrected chi connectivity index (χ4v) is 5.19. The number of hydrogen-bond donors (Lipinski definition) is 0. The highest BCUT2D eigenvalue weighted by Gasteiger charge is 2.27. The molecule has 0 radical (unpaired) electrons. The van der Waals surface area contributed by atoms with Crippen molar-refractivity contribution in [3.8, 4) is 5.69 Å². The lowest BCUT2D eigenvalue weighted by molar-refractivity contribution is -0.137. The van der Waals surface area contributed by atoms with Crippen molar-refractivity contribution in [2.75, 3.05) is 19.8 Å². The van der Waals surface area contributed by atoms with Gasteiger partial charge in [0.25, 0.3) is 0 Å². The Hall–Kier alpha value is -3.45. The van der Waals surface area contributed by atoms with E-state index in [9.17, 15) is 9.18 Å². The minimum Gasteiger partial charge on any atom is -0.463 e. The lowest BCUT2D eigenvalue weighted by Gasteiger charge is -2.25. The SMILES string of the molecule is CCOC(=O)/C=C/c1c(C2CCOCC2)n(-c2ccc(F)c(C)c2)c2cc3c(C)nn(C)c3cc12. The number of nitrogens with zero attached hydrogens (tertiary/aromatic N) is 3. The smallest absolute Gasteiger partial charge is 0.330 e.